The molecular formula is C11H18N2O3. The Morgan fingerprint density at radius 3 is 2.75 bits per heavy atom. The van der Waals surface area contributed by atoms with Gasteiger partial charge in [-0.3, -0.25) is 9.69 Å². The highest BCUT2D eigenvalue weighted by atomic mass is 16.4. The van der Waals surface area contributed by atoms with Gasteiger partial charge in [-0.15, -0.1) is 0 Å². The fraction of sp³-hybridized carbons (Fsp3) is 0.545. The summed E-state index contributed by atoms with van der Waals surface area (Å²) in [6.45, 7) is 2.93. The van der Waals surface area contributed by atoms with Crippen molar-refractivity contribution in [3.8, 4) is 0 Å². The summed E-state index contributed by atoms with van der Waals surface area (Å²) < 4.78 is 5.42. The Morgan fingerprint density at radius 2 is 2.31 bits per heavy atom. The average molecular weight is 226 g/mol. The summed E-state index contributed by atoms with van der Waals surface area (Å²) in [6, 6.07) is 3.25. The molecule has 0 fully saturated rings. The number of carbonyl (C=O) groups is 1. The predicted molar refractivity (Wildman–Crippen MR) is 60.3 cm³/mol. The Labute approximate surface area is 95.0 Å². The van der Waals surface area contributed by atoms with Gasteiger partial charge in [-0.1, -0.05) is 0 Å². The van der Waals surface area contributed by atoms with E-state index >= 15 is 0 Å². The van der Waals surface area contributed by atoms with Crippen LogP contribution in [0.25, 0.3) is 0 Å². The summed E-state index contributed by atoms with van der Waals surface area (Å²) in [6.07, 6.45) is 0. The molecule has 0 aromatic carbocycles. The molecule has 0 saturated carbocycles. The first-order valence-corrected chi connectivity index (χ1v) is 5.17. The van der Waals surface area contributed by atoms with E-state index in [1.54, 1.807) is 7.05 Å². The minimum Gasteiger partial charge on any atom is -0.480 e. The second kappa shape index (κ2) is 5.67. The number of rotatable bonds is 6. The lowest BCUT2D eigenvalue weighted by Crippen LogP contribution is -2.43. The molecule has 2 N–H and O–H groups in total. The first-order valence-electron chi connectivity index (χ1n) is 5.17. The smallest absolute Gasteiger partial charge is 0.322 e. The Morgan fingerprint density at radius 1 is 1.62 bits per heavy atom. The van der Waals surface area contributed by atoms with Crippen LogP contribution >= 0.6 is 0 Å². The predicted octanol–water partition coefficient (Wildman–Crippen LogP) is 0.692. The number of carboxylic acid groups (broad SMARTS) is 1. The van der Waals surface area contributed by atoms with Crippen molar-refractivity contribution in [2.45, 2.75) is 19.5 Å². The van der Waals surface area contributed by atoms with E-state index in [-0.39, 0.29) is 0 Å². The summed E-state index contributed by atoms with van der Waals surface area (Å²) in [5.41, 5.74) is 0. The summed E-state index contributed by atoms with van der Waals surface area (Å²) in [5.74, 6) is 0.872. The van der Waals surface area contributed by atoms with Crippen LogP contribution in [0.15, 0.2) is 16.5 Å². The molecule has 0 aliphatic carbocycles. The van der Waals surface area contributed by atoms with E-state index in [0.717, 1.165) is 11.5 Å². The van der Waals surface area contributed by atoms with Gasteiger partial charge >= 0.3 is 5.97 Å². The molecule has 0 aliphatic rings. The zero-order chi connectivity index (χ0) is 12.1. The number of nitrogens with one attached hydrogen (secondary N) is 1. The minimum atomic E-state index is -0.843. The molecule has 0 bridgehead atoms. The van der Waals surface area contributed by atoms with Gasteiger partial charge in [0.1, 0.15) is 17.6 Å². The van der Waals surface area contributed by atoms with Crippen molar-refractivity contribution < 1.29 is 14.3 Å². The highest BCUT2D eigenvalue weighted by molar-refractivity contribution is 5.73. The van der Waals surface area contributed by atoms with E-state index < -0.39 is 12.0 Å². The summed E-state index contributed by atoms with van der Waals surface area (Å²) in [5, 5.41) is 11.6. The van der Waals surface area contributed by atoms with E-state index in [1.807, 2.05) is 31.0 Å². The molecule has 1 heterocycles. The average Bonchev–Trinajstić information content (AvgIpc) is 2.60. The van der Waals surface area contributed by atoms with Gasteiger partial charge in [-0.2, -0.15) is 0 Å². The topological polar surface area (TPSA) is 65.7 Å². The first-order chi connectivity index (χ1) is 7.52. The van der Waals surface area contributed by atoms with Crippen molar-refractivity contribution in [3.63, 3.8) is 0 Å². The Balaban J connectivity index is 2.46. The largest absolute Gasteiger partial charge is 0.480 e. The van der Waals surface area contributed by atoms with Crippen molar-refractivity contribution in [1.29, 1.82) is 0 Å². The fourth-order valence-electron chi connectivity index (χ4n) is 1.51. The maximum absolute atomic E-state index is 10.8. The SMILES string of the molecule is CNC(CN(C)Cc1ccc(C)o1)C(=O)O. The van der Waals surface area contributed by atoms with Crippen molar-refractivity contribution in [3.05, 3.63) is 23.7 Å². The van der Waals surface area contributed by atoms with Crippen molar-refractivity contribution in [2.24, 2.45) is 0 Å². The fourth-order valence-corrected chi connectivity index (χ4v) is 1.51. The van der Waals surface area contributed by atoms with Crippen LogP contribution in [0, 0.1) is 6.92 Å². The number of aryl methyl sites for hydroxylation is 1. The molecule has 5 nitrogen and oxygen atoms in total. The molecular weight excluding hydrogens is 208 g/mol. The van der Waals surface area contributed by atoms with Crippen LogP contribution in [-0.2, 0) is 11.3 Å². The number of hydrogen-bond acceptors (Lipinski definition) is 4. The van der Waals surface area contributed by atoms with Crippen molar-refractivity contribution in [2.75, 3.05) is 20.6 Å². The third-order valence-corrected chi connectivity index (χ3v) is 2.36. The first kappa shape index (κ1) is 12.7. The lowest BCUT2D eigenvalue weighted by molar-refractivity contribution is -0.139. The highest BCUT2D eigenvalue weighted by Crippen LogP contribution is 2.08. The molecule has 1 aromatic heterocycles. The molecule has 0 saturated heterocycles. The molecule has 1 aromatic rings. The van der Waals surface area contributed by atoms with Gasteiger partial charge in [0.25, 0.3) is 0 Å². The molecule has 1 rings (SSSR count). The van der Waals surface area contributed by atoms with Crippen LogP contribution in [0.2, 0.25) is 0 Å². The third kappa shape index (κ3) is 3.67. The highest BCUT2D eigenvalue weighted by Gasteiger charge is 2.17. The van der Waals surface area contributed by atoms with Gasteiger partial charge in [-0.25, -0.2) is 0 Å². The number of aliphatic carboxylic acids is 1. The standard InChI is InChI=1S/C11H18N2O3/c1-8-4-5-9(16-8)6-13(3)7-10(12-2)11(14)15/h4-5,10,12H,6-7H2,1-3H3,(H,14,15). The van der Waals surface area contributed by atoms with Gasteiger partial charge in [0, 0.05) is 6.54 Å². The summed E-state index contributed by atoms with van der Waals surface area (Å²) in [7, 11) is 3.51. The third-order valence-electron chi connectivity index (χ3n) is 2.36. The monoisotopic (exact) mass is 226 g/mol. The molecule has 0 spiro atoms. The molecule has 1 unspecified atom stereocenters. The molecule has 0 radical (unpaired) electrons. The van der Waals surface area contributed by atoms with Crippen LogP contribution in [0.5, 0.6) is 0 Å². The van der Waals surface area contributed by atoms with Crippen LogP contribution in [0.3, 0.4) is 0 Å². The van der Waals surface area contributed by atoms with Gasteiger partial charge in [0.15, 0.2) is 0 Å². The maximum Gasteiger partial charge on any atom is 0.322 e. The molecule has 1 atom stereocenters. The van der Waals surface area contributed by atoms with Crippen LogP contribution in [-0.4, -0.2) is 42.7 Å². The van der Waals surface area contributed by atoms with Gasteiger partial charge in [0.05, 0.1) is 6.54 Å². The van der Waals surface area contributed by atoms with Crippen molar-refractivity contribution >= 4 is 5.97 Å². The van der Waals surface area contributed by atoms with E-state index in [1.165, 1.54) is 0 Å². The molecule has 0 aliphatic heterocycles. The van der Waals surface area contributed by atoms with Gasteiger partial charge in [0.2, 0.25) is 0 Å². The summed E-state index contributed by atoms with van der Waals surface area (Å²) in [4.78, 5) is 12.7. The molecule has 16 heavy (non-hydrogen) atoms. The second-order valence-electron chi connectivity index (χ2n) is 3.89. The van der Waals surface area contributed by atoms with E-state index in [4.69, 9.17) is 9.52 Å². The van der Waals surface area contributed by atoms with E-state index in [9.17, 15) is 4.79 Å². The minimum absolute atomic E-state index is 0.436. The Bertz CT molecular complexity index is 349. The molecule has 0 amide bonds. The number of nitrogens with zero attached hydrogens (tertiary/aromatic N) is 1. The quantitative estimate of drug-likeness (QED) is 0.747. The maximum atomic E-state index is 10.8. The summed E-state index contributed by atoms with van der Waals surface area (Å²) >= 11 is 0. The number of hydrogen-bond donors (Lipinski definition) is 2. The van der Waals surface area contributed by atoms with Gasteiger partial charge in [-0.05, 0) is 33.2 Å². The number of carboxylic acids is 1. The zero-order valence-electron chi connectivity index (χ0n) is 9.86. The van der Waals surface area contributed by atoms with E-state index in [2.05, 4.69) is 5.32 Å². The van der Waals surface area contributed by atoms with Crippen molar-refractivity contribution in [1.82, 2.24) is 10.2 Å². The Kier molecular flexibility index (Phi) is 4.52. The van der Waals surface area contributed by atoms with E-state index in [0.29, 0.717) is 13.1 Å². The molecule has 90 valence electrons. The van der Waals surface area contributed by atoms with Crippen LogP contribution in [0.4, 0.5) is 0 Å². The lowest BCUT2D eigenvalue weighted by Gasteiger charge is -2.19. The van der Waals surface area contributed by atoms with Gasteiger partial charge < -0.3 is 14.8 Å². The molecule has 5 heteroatoms. The normalized spacial score (nSPS) is 13.0. The number of furan rings is 1. The second-order valence-corrected chi connectivity index (χ2v) is 3.89. The lowest BCUT2D eigenvalue weighted by atomic mass is 10.2. The van der Waals surface area contributed by atoms with Crippen LogP contribution in [0.1, 0.15) is 11.5 Å². The Hall–Kier alpha value is -1.33. The number of likely N-dealkylation sites (N-methyl/N-ethyl adjacent to an activating group) is 2. The zero-order valence-corrected chi connectivity index (χ0v) is 9.86. The van der Waals surface area contributed by atoms with Crippen LogP contribution < -0.4 is 5.32 Å².